The van der Waals surface area contributed by atoms with Crippen LogP contribution in [0.5, 0.6) is 0 Å². The molecule has 2 bridgehead atoms. The minimum Gasteiger partial charge on any atom is -0.264 e. The Morgan fingerprint density at radius 2 is 0.624 bits per heavy atom. The largest absolute Gasteiger partial charge is 0.553 e. The molecule has 3 atom stereocenters. The maximum atomic E-state index is 8.71. The van der Waals surface area contributed by atoms with E-state index in [-0.39, 0.29) is 0 Å². The average Bonchev–Trinajstić information content (AvgIpc) is 1.46. The molecule has 0 aliphatic carbocycles. The van der Waals surface area contributed by atoms with Gasteiger partial charge in [0.25, 0.3) is 22.8 Å². The van der Waals surface area contributed by atoms with Crippen LogP contribution in [0.2, 0.25) is 0 Å². The molecule has 15 heteroatoms. The quantitative estimate of drug-likeness (QED) is 0.152. The van der Waals surface area contributed by atoms with Crippen LogP contribution in [-0.2, 0) is 37.0 Å². The number of benzene rings is 6. The van der Waals surface area contributed by atoms with Gasteiger partial charge in [0, 0.05) is 163 Å². The van der Waals surface area contributed by atoms with Crippen molar-refractivity contribution >= 4 is 109 Å². The molecule has 11 aliphatic rings. The zero-order valence-corrected chi connectivity index (χ0v) is 53.2. The molecule has 31 rings (SSSR count). The first-order valence-corrected chi connectivity index (χ1v) is 35.2. The van der Waals surface area contributed by atoms with Crippen LogP contribution >= 0.6 is 0 Å². The lowest BCUT2D eigenvalue weighted by Crippen LogP contribution is -2.81. The molecule has 0 fully saturated rings. The van der Waals surface area contributed by atoms with Gasteiger partial charge in [-0.15, -0.1) is 4.57 Å². The zero-order valence-electron chi connectivity index (χ0n) is 53.2. The fraction of sp³-hybridized carbons (Fsp3) is 0.0698. The molecule has 0 amide bonds. The molecule has 2 N–H and O–H groups in total. The molecular weight excluding hydrogens is 1240 g/mol. The highest BCUT2D eigenvalue weighted by Gasteiger charge is 2.76. The van der Waals surface area contributed by atoms with E-state index < -0.39 is 17.7 Å². The number of hydrogen-bond donors (Lipinski definition) is 1. The summed E-state index contributed by atoms with van der Waals surface area (Å²) < 4.78 is 29.5. The normalized spacial score (nSPS) is 19.3. The van der Waals surface area contributed by atoms with Crippen LogP contribution in [0, 0.1) is 0 Å². The highest BCUT2D eigenvalue weighted by molar-refractivity contribution is 6.16. The van der Waals surface area contributed by atoms with E-state index in [2.05, 4.69) is 251 Å². The van der Waals surface area contributed by atoms with Crippen molar-refractivity contribution in [3.8, 4) is 102 Å². The number of aromatic nitrogens is 14. The predicted octanol–water partition coefficient (Wildman–Crippen LogP) is 12.9. The number of nitrogens with two attached hydrogens (primary N) is 1. The number of pyridine rings is 8. The SMILES string of the molecule is NC12n3c4cc5cccc(c53)-c3nc(cc5c6[n+]7c(cc35)-c3cc5c8[n+]9c(cc5c5[n+]3C73n7c(cc%10cccc-6c%107)Cc6cc7cccc-5c7n63)-c3cc5cnccc5c5[n+]3C93n6c(cc7cccc-5c76)Cc5cc6cccc-8c6n53)-c3cc5cnccc5c([n+]31)-c1cccc3cc(n2c13)C4. The second-order valence-corrected chi connectivity index (χ2v) is 30.3. The van der Waals surface area contributed by atoms with Crippen LogP contribution in [0.15, 0.2) is 219 Å². The first kappa shape index (κ1) is 47.6. The van der Waals surface area contributed by atoms with Gasteiger partial charge in [-0.25, -0.2) is 38.1 Å². The standard InChI is InChI=1S/C86H44N15/c87-84-91-48-23-40-7-1-13-56(73(40)91)72-62-35-69-71-37-65-64(36-70-68-30-47-39-89-22-20-55(47)80-58-15-3-9-42-25-50-32-51-27-44-11-5-17-60-77(44)94(51)85(98(68)80,93(50)75(42)58)100(70)82(60)65)83-61-18-6-12-45-28-53-33-52-26-43-10-4-16-59-76(43)95(52)86(101(71)83,96(53)78(45)61)99(69)81(59)63(62)34-66(90-72)67-29-46-38-88-21-19-54(46)79(97(67)84)57-14-2-8-41-24-49(31-48)92(84)74(41)57/h1-30,34-39H,31-33,87H2/q+5. The summed E-state index contributed by atoms with van der Waals surface area (Å²) in [5, 5.41) is 16.3. The molecule has 0 saturated carbocycles. The fourth-order valence-electron chi connectivity index (χ4n) is 23.3. The molecule has 25 heterocycles. The Kier molecular flexibility index (Phi) is 6.71. The van der Waals surface area contributed by atoms with Crippen LogP contribution in [0.4, 0.5) is 0 Å². The van der Waals surface area contributed by atoms with Gasteiger partial charge in [0.1, 0.15) is 5.69 Å². The number of hydrogen-bond acceptors (Lipinski definition) is 4. The minimum absolute atomic E-state index is 0.718. The van der Waals surface area contributed by atoms with Gasteiger partial charge in [0.2, 0.25) is 34.2 Å². The van der Waals surface area contributed by atoms with Crippen LogP contribution in [0.1, 0.15) is 34.2 Å². The second kappa shape index (κ2) is 14.2. The van der Waals surface area contributed by atoms with Gasteiger partial charge in [-0.05, 0) is 84.9 Å². The van der Waals surface area contributed by atoms with E-state index in [1.807, 2.05) is 18.6 Å². The highest BCUT2D eigenvalue weighted by Crippen LogP contribution is 2.59. The van der Waals surface area contributed by atoms with Crippen LogP contribution in [0.25, 0.3) is 210 Å². The molecule has 3 unspecified atom stereocenters. The summed E-state index contributed by atoms with van der Waals surface area (Å²) in [5.74, 6) is -3.16. The minimum atomic E-state index is -1.27. The van der Waals surface area contributed by atoms with E-state index in [9.17, 15) is 0 Å². The lowest BCUT2D eigenvalue weighted by Gasteiger charge is -2.39. The molecular formula is C86H44N15+5. The first-order chi connectivity index (χ1) is 49.9. The van der Waals surface area contributed by atoms with Gasteiger partial charge in [-0.1, -0.05) is 97.1 Å². The van der Waals surface area contributed by atoms with Gasteiger partial charge < -0.3 is 0 Å². The molecule has 458 valence electrons. The topological polar surface area (TPSA) is 114 Å². The number of nitrogens with zero attached hydrogens (tertiary/aromatic N) is 14. The maximum Gasteiger partial charge on any atom is 0.553 e. The predicted molar refractivity (Wildman–Crippen MR) is 382 cm³/mol. The summed E-state index contributed by atoms with van der Waals surface area (Å²) in [6.07, 6.45) is 10.3. The summed E-state index contributed by atoms with van der Waals surface area (Å²) in [6.45, 7) is 0. The molecule has 14 aromatic heterocycles. The van der Waals surface area contributed by atoms with Gasteiger partial charge in [-0.3, -0.25) is 9.97 Å². The van der Waals surface area contributed by atoms with Gasteiger partial charge in [0.15, 0.2) is 0 Å². The summed E-state index contributed by atoms with van der Waals surface area (Å²) in [4.78, 5) is 15.9. The number of fused-ring (bicyclic) bond motifs is 21. The monoisotopic (exact) mass is 1290 g/mol. The van der Waals surface area contributed by atoms with Crippen molar-refractivity contribution in [2.45, 2.75) is 37.0 Å². The summed E-state index contributed by atoms with van der Waals surface area (Å²) in [5.41, 5.74) is 43.7. The van der Waals surface area contributed by atoms with Crippen molar-refractivity contribution in [2.24, 2.45) is 5.73 Å². The Morgan fingerprint density at radius 3 is 1.05 bits per heavy atom. The Hall–Kier alpha value is -13.2. The smallest absolute Gasteiger partial charge is 0.264 e. The van der Waals surface area contributed by atoms with Crippen molar-refractivity contribution in [3.05, 3.63) is 253 Å². The van der Waals surface area contributed by atoms with Crippen molar-refractivity contribution in [3.63, 3.8) is 0 Å². The molecule has 101 heavy (non-hydrogen) atoms. The number of rotatable bonds is 0. The van der Waals surface area contributed by atoms with E-state index >= 15 is 0 Å². The van der Waals surface area contributed by atoms with Gasteiger partial charge in [-0.2, -0.15) is 0 Å². The Bertz CT molecular complexity index is 7970. The molecule has 15 nitrogen and oxygen atoms in total. The van der Waals surface area contributed by atoms with Crippen LogP contribution in [0.3, 0.4) is 0 Å². The average molecular weight is 1290 g/mol. The highest BCUT2D eigenvalue weighted by atomic mass is 15.6. The maximum absolute atomic E-state index is 8.71. The third-order valence-corrected chi connectivity index (χ3v) is 26.3. The van der Waals surface area contributed by atoms with Crippen molar-refractivity contribution < 1.29 is 22.8 Å². The lowest BCUT2D eigenvalue weighted by molar-refractivity contribution is -0.969. The fourth-order valence-corrected chi connectivity index (χ4v) is 23.3. The lowest BCUT2D eigenvalue weighted by atomic mass is 9.93. The van der Waals surface area contributed by atoms with E-state index in [0.717, 1.165) is 125 Å². The molecule has 20 aromatic rings. The third-order valence-electron chi connectivity index (χ3n) is 26.3. The van der Waals surface area contributed by atoms with Crippen molar-refractivity contribution in [2.75, 3.05) is 0 Å². The van der Waals surface area contributed by atoms with Crippen LogP contribution < -0.4 is 28.6 Å². The van der Waals surface area contributed by atoms with E-state index in [0.29, 0.717) is 0 Å². The van der Waals surface area contributed by atoms with E-state index in [1.54, 1.807) is 0 Å². The molecule has 11 aliphatic heterocycles. The molecule has 6 aromatic carbocycles. The Balaban J connectivity index is 0.816. The van der Waals surface area contributed by atoms with Crippen LogP contribution in [-0.4, -0.2) is 42.4 Å². The number of para-hydroxylation sites is 6. The third kappa shape index (κ3) is 4.34. The van der Waals surface area contributed by atoms with Gasteiger partial charge >= 0.3 is 17.7 Å². The summed E-state index contributed by atoms with van der Waals surface area (Å²) in [6, 6.07) is 76.0. The second-order valence-electron chi connectivity index (χ2n) is 30.3. The Morgan fingerprint density at radius 1 is 0.297 bits per heavy atom. The first-order valence-electron chi connectivity index (χ1n) is 35.2. The van der Waals surface area contributed by atoms with Crippen molar-refractivity contribution in [1.82, 2.24) is 42.4 Å². The van der Waals surface area contributed by atoms with E-state index in [1.165, 1.54) is 139 Å². The molecule has 0 radical (unpaired) electrons. The molecule has 2 spiro atoms. The molecule has 0 saturated heterocycles. The Labute approximate surface area is 568 Å². The van der Waals surface area contributed by atoms with Crippen molar-refractivity contribution in [1.29, 1.82) is 0 Å². The summed E-state index contributed by atoms with van der Waals surface area (Å²) in [7, 11) is 0. The summed E-state index contributed by atoms with van der Waals surface area (Å²) >= 11 is 0. The van der Waals surface area contributed by atoms with E-state index in [4.69, 9.17) is 20.7 Å². The zero-order chi connectivity index (χ0) is 64.0. The van der Waals surface area contributed by atoms with Gasteiger partial charge in [0.05, 0.1) is 93.5 Å².